The van der Waals surface area contributed by atoms with Gasteiger partial charge >= 0.3 is 7.12 Å². The van der Waals surface area contributed by atoms with E-state index < -0.39 is 18.3 Å². The van der Waals surface area contributed by atoms with E-state index in [0.29, 0.717) is 11.8 Å². The third-order valence-electron chi connectivity index (χ3n) is 10.8. The van der Waals surface area contributed by atoms with Crippen molar-refractivity contribution in [3.63, 3.8) is 0 Å². The van der Waals surface area contributed by atoms with Crippen molar-refractivity contribution in [2.24, 2.45) is 5.92 Å². The van der Waals surface area contributed by atoms with Crippen LogP contribution < -0.4 is 5.46 Å². The molecule has 0 spiro atoms. The van der Waals surface area contributed by atoms with E-state index in [-0.39, 0.29) is 0 Å². The topological polar surface area (TPSA) is 18.5 Å². The Morgan fingerprint density at radius 3 is 1.91 bits per heavy atom. The highest BCUT2D eigenvalue weighted by molar-refractivity contribution is 6.62. The van der Waals surface area contributed by atoms with E-state index in [1.807, 2.05) is 0 Å². The lowest BCUT2D eigenvalue weighted by atomic mass is 9.75. The molecule has 222 valence electrons. The summed E-state index contributed by atoms with van der Waals surface area (Å²) in [4.78, 5) is 0. The third kappa shape index (κ3) is 4.48. The molecule has 3 heteroatoms. The van der Waals surface area contributed by atoms with Crippen molar-refractivity contribution in [3.05, 3.63) is 120 Å². The molecule has 6 aromatic carbocycles. The van der Waals surface area contributed by atoms with Crippen LogP contribution in [0.2, 0.25) is 0 Å². The zero-order valence-electron chi connectivity index (χ0n) is 27.0. The van der Waals surface area contributed by atoms with Gasteiger partial charge in [0.25, 0.3) is 0 Å². The van der Waals surface area contributed by atoms with Crippen LogP contribution in [0.1, 0.15) is 58.6 Å². The quantitative estimate of drug-likeness (QED) is 0.152. The molecule has 8 rings (SSSR count). The molecule has 2 nitrogen and oxygen atoms in total. The van der Waals surface area contributed by atoms with E-state index in [2.05, 4.69) is 157 Å². The molecule has 2 aliphatic rings. The van der Waals surface area contributed by atoms with Gasteiger partial charge in [-0.05, 0) is 123 Å². The molecule has 0 bridgehead atoms. The number of benzene rings is 6. The molecule has 1 heterocycles. The van der Waals surface area contributed by atoms with Gasteiger partial charge in [-0.1, -0.05) is 117 Å². The first-order valence-corrected chi connectivity index (χ1v) is 16.3. The van der Waals surface area contributed by atoms with Gasteiger partial charge < -0.3 is 9.31 Å². The monoisotopic (exact) mass is 586 g/mol. The Labute approximate surface area is 266 Å². The Hall–Kier alpha value is -4.18. The molecule has 45 heavy (non-hydrogen) atoms. The molecular formula is C42H39BO2. The van der Waals surface area contributed by atoms with Gasteiger partial charge in [-0.15, -0.1) is 0 Å². The molecule has 6 aromatic rings. The average molecular weight is 587 g/mol. The molecule has 1 aliphatic heterocycles. The van der Waals surface area contributed by atoms with Crippen LogP contribution >= 0.6 is 0 Å². The maximum atomic E-state index is 6.56. The fourth-order valence-electron chi connectivity index (χ4n) is 7.28. The molecule has 0 radical (unpaired) electrons. The summed E-state index contributed by atoms with van der Waals surface area (Å²) in [6.07, 6.45) is 4.67. The number of hydrogen-bond donors (Lipinski definition) is 0. The lowest BCUT2D eigenvalue weighted by Crippen LogP contribution is -2.41. The molecule has 2 atom stereocenters. The maximum absolute atomic E-state index is 6.56. The molecule has 0 N–H and O–H groups in total. The Balaban J connectivity index is 1.43. The summed E-state index contributed by atoms with van der Waals surface area (Å²) < 4.78 is 13.1. The molecule has 0 saturated carbocycles. The van der Waals surface area contributed by atoms with E-state index in [0.717, 1.165) is 5.46 Å². The third-order valence-corrected chi connectivity index (χ3v) is 10.8. The van der Waals surface area contributed by atoms with Gasteiger partial charge in [0.2, 0.25) is 0 Å². The molecular weight excluding hydrogens is 547 g/mol. The van der Waals surface area contributed by atoms with Crippen LogP contribution in [0, 0.1) is 5.92 Å². The van der Waals surface area contributed by atoms with Gasteiger partial charge in [-0.3, -0.25) is 0 Å². The van der Waals surface area contributed by atoms with Gasteiger partial charge in [0.1, 0.15) is 0 Å². The van der Waals surface area contributed by atoms with Crippen LogP contribution in [-0.4, -0.2) is 18.3 Å². The predicted molar refractivity (Wildman–Crippen MR) is 192 cm³/mol. The lowest BCUT2D eigenvalue weighted by Gasteiger charge is -2.32. The number of hydrogen-bond acceptors (Lipinski definition) is 2. The maximum Gasteiger partial charge on any atom is 0.494 e. The second-order valence-corrected chi connectivity index (χ2v) is 14.1. The summed E-state index contributed by atoms with van der Waals surface area (Å²) in [6, 6.07) is 38.3. The van der Waals surface area contributed by atoms with E-state index >= 15 is 0 Å². The highest BCUT2D eigenvalue weighted by Crippen LogP contribution is 2.46. The molecule has 0 aromatic heterocycles. The predicted octanol–water partition coefficient (Wildman–Crippen LogP) is 10.5. The van der Waals surface area contributed by atoms with Gasteiger partial charge in [0.05, 0.1) is 11.2 Å². The Morgan fingerprint density at radius 1 is 0.578 bits per heavy atom. The van der Waals surface area contributed by atoms with Crippen molar-refractivity contribution < 1.29 is 9.31 Å². The number of rotatable bonds is 3. The van der Waals surface area contributed by atoms with Crippen molar-refractivity contribution >= 4 is 51.0 Å². The smallest absolute Gasteiger partial charge is 0.399 e. The second kappa shape index (κ2) is 10.2. The normalized spacial score (nSPS) is 20.3. The van der Waals surface area contributed by atoms with Crippen molar-refractivity contribution in [2.45, 2.75) is 58.7 Å². The van der Waals surface area contributed by atoms with E-state index in [1.165, 1.54) is 65.7 Å². The summed E-state index contributed by atoms with van der Waals surface area (Å²) >= 11 is 0. The standard InChI is InChI=1S/C42H39BO2/c1-26-15-16-30-24-32(19-21-34(30)27(26)2)39-35-13-9-10-14-36(35)40(31-18-17-28-11-7-8-12-29(28)23-31)38-25-33(20-22-37(38)39)43-44-41(3,4)42(5,6)45-43/h7-27H,1-6H3. The lowest BCUT2D eigenvalue weighted by molar-refractivity contribution is 0.00578. The summed E-state index contributed by atoms with van der Waals surface area (Å²) in [7, 11) is -0.434. The summed E-state index contributed by atoms with van der Waals surface area (Å²) in [5, 5.41) is 7.44. The molecule has 0 amide bonds. The number of allylic oxidation sites excluding steroid dienone is 1. The number of fused-ring (bicyclic) bond motifs is 4. The van der Waals surface area contributed by atoms with E-state index in [9.17, 15) is 0 Å². The minimum atomic E-state index is -0.434. The van der Waals surface area contributed by atoms with Crippen LogP contribution in [0.25, 0.3) is 60.6 Å². The Morgan fingerprint density at radius 2 is 1.18 bits per heavy atom. The summed E-state index contributed by atoms with van der Waals surface area (Å²) in [5.41, 5.74) is 7.95. The largest absolute Gasteiger partial charge is 0.494 e. The summed E-state index contributed by atoms with van der Waals surface area (Å²) in [6.45, 7) is 13.1. The Bertz CT molecular complexity index is 2160. The average Bonchev–Trinajstić information content (AvgIpc) is 3.27. The first kappa shape index (κ1) is 28.3. The van der Waals surface area contributed by atoms with Crippen LogP contribution in [0.3, 0.4) is 0 Å². The van der Waals surface area contributed by atoms with E-state index in [1.54, 1.807) is 0 Å². The molecule has 1 saturated heterocycles. The molecule has 1 fully saturated rings. The van der Waals surface area contributed by atoms with Crippen LogP contribution in [0.15, 0.2) is 109 Å². The SMILES string of the molecule is CC1C=Cc2cc(-c3c4ccccc4c(-c4ccc5ccccc5c4)c4cc(B5OC(C)(C)C(C)(C)O5)ccc34)ccc2C1C. The van der Waals surface area contributed by atoms with E-state index in [4.69, 9.17) is 9.31 Å². The van der Waals surface area contributed by atoms with Gasteiger partial charge in [0.15, 0.2) is 0 Å². The van der Waals surface area contributed by atoms with Crippen LogP contribution in [-0.2, 0) is 9.31 Å². The molecule has 1 aliphatic carbocycles. The Kier molecular flexibility index (Phi) is 6.40. The van der Waals surface area contributed by atoms with Crippen molar-refractivity contribution in [1.29, 1.82) is 0 Å². The highest BCUT2D eigenvalue weighted by atomic mass is 16.7. The second-order valence-electron chi connectivity index (χ2n) is 14.1. The van der Waals surface area contributed by atoms with Gasteiger partial charge in [0, 0.05) is 0 Å². The first-order chi connectivity index (χ1) is 21.6. The van der Waals surface area contributed by atoms with Crippen molar-refractivity contribution in [2.75, 3.05) is 0 Å². The highest BCUT2D eigenvalue weighted by Gasteiger charge is 2.51. The zero-order chi connectivity index (χ0) is 31.1. The zero-order valence-corrected chi connectivity index (χ0v) is 27.0. The molecule has 2 unspecified atom stereocenters. The van der Waals surface area contributed by atoms with Crippen molar-refractivity contribution in [1.82, 2.24) is 0 Å². The summed E-state index contributed by atoms with van der Waals surface area (Å²) in [5.74, 6) is 1.05. The van der Waals surface area contributed by atoms with Gasteiger partial charge in [-0.2, -0.15) is 0 Å². The van der Waals surface area contributed by atoms with Crippen LogP contribution in [0.4, 0.5) is 0 Å². The fraction of sp³-hybridized carbons (Fsp3) is 0.238. The minimum absolute atomic E-state index is 0.409. The van der Waals surface area contributed by atoms with Crippen molar-refractivity contribution in [3.8, 4) is 22.3 Å². The first-order valence-electron chi connectivity index (χ1n) is 16.3. The van der Waals surface area contributed by atoms with Crippen LogP contribution in [0.5, 0.6) is 0 Å². The fourth-order valence-corrected chi connectivity index (χ4v) is 7.28. The van der Waals surface area contributed by atoms with Gasteiger partial charge in [-0.25, -0.2) is 0 Å². The minimum Gasteiger partial charge on any atom is -0.399 e.